The molecule has 0 saturated carbocycles. The highest BCUT2D eigenvalue weighted by Gasteiger charge is 2.15. The van der Waals surface area contributed by atoms with Gasteiger partial charge in [-0.2, -0.15) is 0 Å². The molecule has 0 radical (unpaired) electrons. The van der Waals surface area contributed by atoms with Gasteiger partial charge in [-0.05, 0) is 56.1 Å². The quantitative estimate of drug-likeness (QED) is 0.800. The Labute approximate surface area is 141 Å². The van der Waals surface area contributed by atoms with E-state index in [9.17, 15) is 4.79 Å². The average molecular weight is 329 g/mol. The Morgan fingerprint density at radius 2 is 2.25 bits per heavy atom. The molecule has 1 amide bonds. The van der Waals surface area contributed by atoms with E-state index in [0.717, 1.165) is 36.6 Å². The van der Waals surface area contributed by atoms with Gasteiger partial charge in [0.25, 0.3) is 0 Å². The Morgan fingerprint density at radius 3 is 2.96 bits per heavy atom. The van der Waals surface area contributed by atoms with Crippen LogP contribution in [0.1, 0.15) is 25.0 Å². The molecule has 2 heterocycles. The van der Waals surface area contributed by atoms with Crippen LogP contribution in [-0.4, -0.2) is 41.1 Å². The molecule has 128 valence electrons. The predicted molar refractivity (Wildman–Crippen MR) is 90.0 cm³/mol. The molecule has 1 aliphatic rings. The lowest BCUT2D eigenvalue weighted by atomic mass is 10.0. The minimum atomic E-state index is 0.0703. The summed E-state index contributed by atoms with van der Waals surface area (Å²) in [7, 11) is 1.63. The number of amides is 1. The molecule has 1 aliphatic heterocycles. The number of carbonyl (C=O) groups is 1. The summed E-state index contributed by atoms with van der Waals surface area (Å²) in [6.45, 7) is 2.50. The van der Waals surface area contributed by atoms with Crippen molar-refractivity contribution in [3.05, 3.63) is 36.2 Å². The summed E-state index contributed by atoms with van der Waals surface area (Å²) in [6, 6.07) is 7.56. The number of benzene rings is 1. The molecule has 0 aliphatic carbocycles. The molecule has 7 nitrogen and oxygen atoms in total. The molecular weight excluding hydrogens is 306 g/mol. The Morgan fingerprint density at radius 1 is 1.42 bits per heavy atom. The van der Waals surface area contributed by atoms with Crippen LogP contribution in [0, 0.1) is 5.92 Å². The van der Waals surface area contributed by atoms with E-state index >= 15 is 0 Å². The Kier molecular flexibility index (Phi) is 5.43. The second-order valence-corrected chi connectivity index (χ2v) is 6.03. The lowest BCUT2D eigenvalue weighted by molar-refractivity contribution is -0.121. The van der Waals surface area contributed by atoms with Crippen molar-refractivity contribution in [2.45, 2.75) is 25.8 Å². The van der Waals surface area contributed by atoms with E-state index in [0.29, 0.717) is 18.9 Å². The van der Waals surface area contributed by atoms with Gasteiger partial charge in [0.05, 0.1) is 25.5 Å². The first-order valence-electron chi connectivity index (χ1n) is 8.27. The normalized spacial score (nSPS) is 17.0. The van der Waals surface area contributed by atoms with Crippen molar-refractivity contribution < 1.29 is 9.53 Å². The molecule has 0 bridgehead atoms. The third-order valence-corrected chi connectivity index (χ3v) is 4.29. The van der Waals surface area contributed by atoms with E-state index in [1.165, 1.54) is 6.42 Å². The topological polar surface area (TPSA) is 81.1 Å². The lowest BCUT2D eigenvalue weighted by Crippen LogP contribution is -2.23. The van der Waals surface area contributed by atoms with Crippen molar-refractivity contribution in [3.8, 4) is 11.4 Å². The van der Waals surface area contributed by atoms with E-state index in [2.05, 4.69) is 20.9 Å². The van der Waals surface area contributed by atoms with Crippen molar-refractivity contribution in [2.24, 2.45) is 5.92 Å². The first kappa shape index (κ1) is 16.4. The van der Waals surface area contributed by atoms with Crippen LogP contribution in [0.5, 0.6) is 5.75 Å². The molecule has 2 N–H and O–H groups in total. The Hall–Kier alpha value is -2.41. The Balaban J connectivity index is 1.47. The molecule has 0 spiro atoms. The van der Waals surface area contributed by atoms with Crippen LogP contribution < -0.4 is 15.4 Å². The summed E-state index contributed by atoms with van der Waals surface area (Å²) in [6.07, 6.45) is 4.50. The van der Waals surface area contributed by atoms with E-state index in [1.54, 1.807) is 11.8 Å². The number of rotatable bonds is 7. The molecule has 1 atom stereocenters. The van der Waals surface area contributed by atoms with Crippen LogP contribution in [0.15, 0.2) is 30.5 Å². The highest BCUT2D eigenvalue weighted by Crippen LogP contribution is 2.15. The van der Waals surface area contributed by atoms with E-state index in [1.807, 2.05) is 30.5 Å². The third kappa shape index (κ3) is 4.32. The molecule has 24 heavy (non-hydrogen) atoms. The van der Waals surface area contributed by atoms with Crippen molar-refractivity contribution in [1.82, 2.24) is 25.6 Å². The van der Waals surface area contributed by atoms with Crippen LogP contribution in [0.2, 0.25) is 0 Å². The number of methoxy groups -OCH3 is 1. The first-order valence-corrected chi connectivity index (χ1v) is 8.27. The van der Waals surface area contributed by atoms with E-state index < -0.39 is 0 Å². The van der Waals surface area contributed by atoms with Gasteiger partial charge in [0, 0.05) is 6.42 Å². The summed E-state index contributed by atoms with van der Waals surface area (Å²) < 4.78 is 6.82. The molecular formula is C17H23N5O2. The predicted octanol–water partition coefficient (Wildman–Crippen LogP) is 1.28. The van der Waals surface area contributed by atoms with Gasteiger partial charge in [-0.15, -0.1) is 5.10 Å². The molecule has 1 unspecified atom stereocenters. The highest BCUT2D eigenvalue weighted by molar-refractivity contribution is 5.75. The zero-order valence-electron chi connectivity index (χ0n) is 13.9. The molecule has 3 rings (SSSR count). The first-order chi connectivity index (χ1) is 11.7. The fourth-order valence-corrected chi connectivity index (χ4v) is 2.81. The van der Waals surface area contributed by atoms with Crippen molar-refractivity contribution in [2.75, 3.05) is 20.2 Å². The lowest BCUT2D eigenvalue weighted by Gasteiger charge is -2.07. The standard InChI is InChI=1S/C17H23N5O2/c1-24-16-5-3-15(4-6-16)22-12-14(20-21-22)11-19-17(23)7-2-13-8-9-18-10-13/h3-6,12-13,18H,2,7-11H2,1H3,(H,19,23). The fourth-order valence-electron chi connectivity index (χ4n) is 2.81. The second-order valence-electron chi connectivity index (χ2n) is 6.03. The summed E-state index contributed by atoms with van der Waals surface area (Å²) in [5.41, 5.74) is 1.64. The number of aromatic nitrogens is 3. The maximum atomic E-state index is 11.9. The van der Waals surface area contributed by atoms with Crippen LogP contribution in [0.25, 0.3) is 5.69 Å². The monoisotopic (exact) mass is 329 g/mol. The second kappa shape index (κ2) is 7.92. The van der Waals surface area contributed by atoms with Gasteiger partial charge >= 0.3 is 0 Å². The number of hydrogen-bond acceptors (Lipinski definition) is 5. The van der Waals surface area contributed by atoms with Crippen LogP contribution in [0.4, 0.5) is 0 Å². The summed E-state index contributed by atoms with van der Waals surface area (Å²) in [5.74, 6) is 1.50. The van der Waals surface area contributed by atoms with Crippen molar-refractivity contribution in [3.63, 3.8) is 0 Å². The van der Waals surface area contributed by atoms with Gasteiger partial charge in [-0.1, -0.05) is 5.21 Å². The fraction of sp³-hybridized carbons (Fsp3) is 0.471. The molecule has 1 aromatic carbocycles. The van der Waals surface area contributed by atoms with Gasteiger partial charge in [0.2, 0.25) is 5.91 Å². The number of nitrogens with zero attached hydrogens (tertiary/aromatic N) is 3. The smallest absolute Gasteiger partial charge is 0.220 e. The maximum absolute atomic E-state index is 11.9. The van der Waals surface area contributed by atoms with Gasteiger partial charge in [-0.25, -0.2) is 4.68 Å². The summed E-state index contributed by atoms with van der Waals surface area (Å²) >= 11 is 0. The van der Waals surface area contributed by atoms with Gasteiger partial charge in [-0.3, -0.25) is 4.79 Å². The number of nitrogens with one attached hydrogen (secondary N) is 2. The third-order valence-electron chi connectivity index (χ3n) is 4.29. The minimum Gasteiger partial charge on any atom is -0.497 e. The average Bonchev–Trinajstić information content (AvgIpc) is 3.30. The number of carbonyl (C=O) groups excluding carboxylic acids is 1. The SMILES string of the molecule is COc1ccc(-n2cc(CNC(=O)CCC3CCNC3)nn2)cc1. The summed E-state index contributed by atoms with van der Waals surface area (Å²) in [5, 5.41) is 14.4. The van der Waals surface area contributed by atoms with Crippen LogP contribution in [-0.2, 0) is 11.3 Å². The number of hydrogen-bond donors (Lipinski definition) is 2. The summed E-state index contributed by atoms with van der Waals surface area (Å²) in [4.78, 5) is 11.9. The minimum absolute atomic E-state index is 0.0703. The zero-order chi connectivity index (χ0) is 16.8. The molecule has 1 saturated heterocycles. The van der Waals surface area contributed by atoms with Crippen LogP contribution in [0.3, 0.4) is 0 Å². The highest BCUT2D eigenvalue weighted by atomic mass is 16.5. The van der Waals surface area contributed by atoms with E-state index in [4.69, 9.17) is 4.74 Å². The molecule has 7 heteroatoms. The van der Waals surface area contributed by atoms with Gasteiger partial charge in [0.15, 0.2) is 0 Å². The molecule has 1 aromatic heterocycles. The van der Waals surface area contributed by atoms with Crippen molar-refractivity contribution in [1.29, 1.82) is 0 Å². The van der Waals surface area contributed by atoms with Gasteiger partial charge < -0.3 is 15.4 Å². The maximum Gasteiger partial charge on any atom is 0.220 e. The molecule has 1 fully saturated rings. The largest absolute Gasteiger partial charge is 0.497 e. The van der Waals surface area contributed by atoms with Crippen LogP contribution >= 0.6 is 0 Å². The van der Waals surface area contributed by atoms with Crippen molar-refractivity contribution >= 4 is 5.91 Å². The number of ether oxygens (including phenoxy) is 1. The van der Waals surface area contributed by atoms with E-state index in [-0.39, 0.29) is 5.91 Å². The molecule has 2 aromatic rings. The zero-order valence-corrected chi connectivity index (χ0v) is 13.9. The Bertz CT molecular complexity index is 662. The van der Waals surface area contributed by atoms with Gasteiger partial charge in [0.1, 0.15) is 11.4 Å².